The number of hydrogen-bond acceptors (Lipinski definition) is 4. The third-order valence-corrected chi connectivity index (χ3v) is 3.85. The molecular formula is C21H19N3O4. The van der Waals surface area contributed by atoms with Crippen LogP contribution in [0.1, 0.15) is 33.4 Å². The second-order valence-electron chi connectivity index (χ2n) is 6.07. The van der Waals surface area contributed by atoms with Gasteiger partial charge >= 0.3 is 0 Å². The van der Waals surface area contributed by atoms with E-state index in [1.54, 1.807) is 48.5 Å². The van der Waals surface area contributed by atoms with Crippen LogP contribution in [0.3, 0.4) is 0 Å². The Balaban J connectivity index is 1.56. The second-order valence-corrected chi connectivity index (χ2v) is 6.07. The lowest BCUT2D eigenvalue weighted by Gasteiger charge is -2.09. The maximum atomic E-state index is 12.3. The molecule has 0 spiro atoms. The quantitative estimate of drug-likeness (QED) is 0.613. The van der Waals surface area contributed by atoms with E-state index in [0.29, 0.717) is 23.5 Å². The number of nitrogens with one attached hydrogen (secondary N) is 3. The Hall–Kier alpha value is -3.87. The van der Waals surface area contributed by atoms with Crippen LogP contribution in [-0.2, 0) is 11.3 Å². The largest absolute Gasteiger partial charge is 0.459 e. The lowest BCUT2D eigenvalue weighted by Crippen LogP contribution is -2.22. The molecule has 0 fully saturated rings. The van der Waals surface area contributed by atoms with E-state index in [9.17, 15) is 14.4 Å². The number of hydrogen-bond donors (Lipinski definition) is 3. The Morgan fingerprint density at radius 3 is 2.32 bits per heavy atom. The Bertz CT molecular complexity index is 979. The van der Waals surface area contributed by atoms with Gasteiger partial charge in [-0.05, 0) is 54.1 Å². The van der Waals surface area contributed by atoms with Crippen molar-refractivity contribution >= 4 is 29.1 Å². The molecule has 0 saturated carbocycles. The zero-order chi connectivity index (χ0) is 19.9. The highest BCUT2D eigenvalue weighted by Gasteiger charge is 2.10. The lowest BCUT2D eigenvalue weighted by atomic mass is 10.1. The predicted octanol–water partition coefficient (Wildman–Crippen LogP) is 3.42. The second kappa shape index (κ2) is 8.68. The van der Waals surface area contributed by atoms with Crippen molar-refractivity contribution in [3.63, 3.8) is 0 Å². The molecule has 0 unspecified atom stereocenters. The highest BCUT2D eigenvalue weighted by atomic mass is 16.3. The van der Waals surface area contributed by atoms with Gasteiger partial charge in [0.2, 0.25) is 5.91 Å². The van der Waals surface area contributed by atoms with Crippen molar-refractivity contribution in [2.24, 2.45) is 0 Å². The molecule has 142 valence electrons. The van der Waals surface area contributed by atoms with Crippen molar-refractivity contribution in [1.29, 1.82) is 0 Å². The molecule has 7 heteroatoms. The summed E-state index contributed by atoms with van der Waals surface area (Å²) in [5.74, 6) is -0.543. The van der Waals surface area contributed by atoms with Crippen molar-refractivity contribution in [2.45, 2.75) is 13.5 Å². The van der Waals surface area contributed by atoms with Gasteiger partial charge in [-0.15, -0.1) is 0 Å². The standard InChI is InChI=1S/C21H19N3O4/c1-14(25)23-18-5-2-4-15(12-18)13-22-20(26)16-7-9-17(10-8-16)24-21(27)19-6-3-11-28-19/h2-12H,13H2,1H3,(H,22,26)(H,23,25)(H,24,27). The van der Waals surface area contributed by atoms with E-state index in [0.717, 1.165) is 5.56 Å². The predicted molar refractivity (Wildman–Crippen MR) is 105 cm³/mol. The average Bonchev–Trinajstić information content (AvgIpc) is 3.21. The van der Waals surface area contributed by atoms with Gasteiger partial charge in [0.1, 0.15) is 0 Å². The molecule has 0 atom stereocenters. The first-order valence-corrected chi connectivity index (χ1v) is 8.61. The number of amides is 3. The fourth-order valence-electron chi connectivity index (χ4n) is 2.55. The SMILES string of the molecule is CC(=O)Nc1cccc(CNC(=O)c2ccc(NC(=O)c3ccco3)cc2)c1. The Morgan fingerprint density at radius 1 is 0.857 bits per heavy atom. The molecule has 0 aliphatic rings. The first kappa shape index (κ1) is 18.9. The minimum absolute atomic E-state index is 0.152. The summed E-state index contributed by atoms with van der Waals surface area (Å²) in [6.07, 6.45) is 1.42. The third-order valence-electron chi connectivity index (χ3n) is 3.85. The van der Waals surface area contributed by atoms with Crippen LogP contribution < -0.4 is 16.0 Å². The normalized spacial score (nSPS) is 10.2. The molecule has 0 bridgehead atoms. The fourth-order valence-corrected chi connectivity index (χ4v) is 2.55. The number of anilines is 2. The molecule has 2 aromatic carbocycles. The summed E-state index contributed by atoms with van der Waals surface area (Å²) in [5.41, 5.74) is 2.56. The number of rotatable bonds is 6. The molecule has 3 aromatic rings. The molecule has 0 radical (unpaired) electrons. The molecule has 3 N–H and O–H groups in total. The molecule has 1 heterocycles. The van der Waals surface area contributed by atoms with Gasteiger partial charge in [-0.25, -0.2) is 0 Å². The van der Waals surface area contributed by atoms with Gasteiger partial charge < -0.3 is 20.4 Å². The molecule has 0 aliphatic heterocycles. The summed E-state index contributed by atoms with van der Waals surface area (Å²) in [5, 5.41) is 8.22. The van der Waals surface area contributed by atoms with Gasteiger partial charge in [0.15, 0.2) is 5.76 Å². The maximum Gasteiger partial charge on any atom is 0.291 e. The topological polar surface area (TPSA) is 100 Å². The summed E-state index contributed by atoms with van der Waals surface area (Å²) >= 11 is 0. The molecule has 28 heavy (non-hydrogen) atoms. The average molecular weight is 377 g/mol. The van der Waals surface area contributed by atoms with E-state index in [1.165, 1.54) is 13.2 Å². The van der Waals surface area contributed by atoms with E-state index < -0.39 is 0 Å². The Kier molecular flexibility index (Phi) is 5.86. The summed E-state index contributed by atoms with van der Waals surface area (Å²) in [6.45, 7) is 1.76. The maximum absolute atomic E-state index is 12.3. The fraction of sp³-hybridized carbons (Fsp3) is 0.0952. The van der Waals surface area contributed by atoms with Crippen LogP contribution in [0.5, 0.6) is 0 Å². The summed E-state index contributed by atoms with van der Waals surface area (Å²) in [7, 11) is 0. The Morgan fingerprint density at radius 2 is 1.64 bits per heavy atom. The van der Waals surface area contributed by atoms with Crippen LogP contribution >= 0.6 is 0 Å². The number of carbonyl (C=O) groups excluding carboxylic acids is 3. The van der Waals surface area contributed by atoms with Crippen LogP contribution in [0.15, 0.2) is 71.3 Å². The zero-order valence-electron chi connectivity index (χ0n) is 15.2. The van der Waals surface area contributed by atoms with E-state index in [4.69, 9.17) is 4.42 Å². The third kappa shape index (κ3) is 5.07. The van der Waals surface area contributed by atoms with Gasteiger partial charge in [0, 0.05) is 30.4 Å². The highest BCUT2D eigenvalue weighted by Crippen LogP contribution is 2.13. The Labute approximate surface area is 161 Å². The van der Waals surface area contributed by atoms with Gasteiger partial charge in [-0.2, -0.15) is 0 Å². The first-order chi connectivity index (χ1) is 13.5. The summed E-state index contributed by atoms with van der Waals surface area (Å²) in [6, 6.07) is 17.0. The molecule has 3 rings (SSSR count). The van der Waals surface area contributed by atoms with E-state index in [-0.39, 0.29) is 23.5 Å². The van der Waals surface area contributed by atoms with Crippen molar-refractivity contribution < 1.29 is 18.8 Å². The van der Waals surface area contributed by atoms with Gasteiger partial charge in [-0.1, -0.05) is 12.1 Å². The van der Waals surface area contributed by atoms with Crippen LogP contribution in [0.25, 0.3) is 0 Å². The van der Waals surface area contributed by atoms with E-state index >= 15 is 0 Å². The monoisotopic (exact) mass is 377 g/mol. The van der Waals surface area contributed by atoms with Crippen molar-refractivity contribution in [1.82, 2.24) is 5.32 Å². The molecule has 0 saturated heterocycles. The summed E-state index contributed by atoms with van der Waals surface area (Å²) in [4.78, 5) is 35.4. The number of furan rings is 1. The van der Waals surface area contributed by atoms with Gasteiger partial charge in [0.25, 0.3) is 11.8 Å². The highest BCUT2D eigenvalue weighted by molar-refractivity contribution is 6.02. The summed E-state index contributed by atoms with van der Waals surface area (Å²) < 4.78 is 5.03. The number of carbonyl (C=O) groups is 3. The lowest BCUT2D eigenvalue weighted by molar-refractivity contribution is -0.114. The smallest absolute Gasteiger partial charge is 0.291 e. The number of benzene rings is 2. The van der Waals surface area contributed by atoms with Crippen LogP contribution in [0.4, 0.5) is 11.4 Å². The zero-order valence-corrected chi connectivity index (χ0v) is 15.2. The van der Waals surface area contributed by atoms with Crippen molar-refractivity contribution in [3.05, 3.63) is 83.8 Å². The van der Waals surface area contributed by atoms with E-state index in [2.05, 4.69) is 16.0 Å². The van der Waals surface area contributed by atoms with Gasteiger partial charge in [-0.3, -0.25) is 14.4 Å². The van der Waals surface area contributed by atoms with Crippen molar-refractivity contribution in [3.8, 4) is 0 Å². The molecule has 0 aliphatic carbocycles. The molecule has 3 amide bonds. The molecule has 1 aromatic heterocycles. The minimum Gasteiger partial charge on any atom is -0.459 e. The van der Waals surface area contributed by atoms with E-state index in [1.807, 2.05) is 12.1 Å². The van der Waals surface area contributed by atoms with Gasteiger partial charge in [0.05, 0.1) is 6.26 Å². The molecule has 7 nitrogen and oxygen atoms in total. The van der Waals surface area contributed by atoms with Crippen molar-refractivity contribution in [2.75, 3.05) is 10.6 Å². The van der Waals surface area contributed by atoms with Crippen LogP contribution in [-0.4, -0.2) is 17.7 Å². The first-order valence-electron chi connectivity index (χ1n) is 8.61. The van der Waals surface area contributed by atoms with Crippen LogP contribution in [0.2, 0.25) is 0 Å². The van der Waals surface area contributed by atoms with Crippen LogP contribution in [0, 0.1) is 0 Å². The molecular weight excluding hydrogens is 358 g/mol. The minimum atomic E-state index is -0.360.